The van der Waals surface area contributed by atoms with Crippen molar-refractivity contribution in [3.05, 3.63) is 96.3 Å². The topological polar surface area (TPSA) is 47.3 Å². The van der Waals surface area contributed by atoms with E-state index in [9.17, 15) is 5.11 Å². The normalized spacial score (nSPS) is 12.2. The van der Waals surface area contributed by atoms with Crippen LogP contribution >= 0.6 is 0 Å². The highest BCUT2D eigenvalue weighted by Crippen LogP contribution is 2.31. The maximum atomic E-state index is 10.8. The van der Waals surface area contributed by atoms with E-state index in [2.05, 4.69) is 57.2 Å². The molecule has 164 valence electrons. The Morgan fingerprint density at radius 2 is 1.56 bits per heavy atom. The molecule has 1 aromatic heterocycles. The lowest BCUT2D eigenvalue weighted by Gasteiger charge is -2.19. The molecule has 0 saturated carbocycles. The van der Waals surface area contributed by atoms with E-state index in [4.69, 9.17) is 9.72 Å². The summed E-state index contributed by atoms with van der Waals surface area (Å²) in [5.74, 6) is 1.20. The van der Waals surface area contributed by atoms with Crippen molar-refractivity contribution in [3.63, 3.8) is 0 Å². The second-order valence-electron chi connectivity index (χ2n) is 8.49. The summed E-state index contributed by atoms with van der Waals surface area (Å²) in [6.45, 7) is 6.96. The minimum Gasteiger partial charge on any atom is -0.491 e. The van der Waals surface area contributed by atoms with Crippen LogP contribution in [0.2, 0.25) is 0 Å². The fourth-order valence-electron chi connectivity index (χ4n) is 3.94. The summed E-state index contributed by atoms with van der Waals surface area (Å²) in [6, 6.07) is 26.6. The fourth-order valence-corrected chi connectivity index (χ4v) is 3.94. The molecule has 0 amide bonds. The highest BCUT2D eigenvalue weighted by molar-refractivity contribution is 5.78. The van der Waals surface area contributed by atoms with Gasteiger partial charge >= 0.3 is 0 Å². The van der Waals surface area contributed by atoms with Gasteiger partial charge in [-0.05, 0) is 30.0 Å². The predicted molar refractivity (Wildman–Crippen MR) is 130 cm³/mol. The van der Waals surface area contributed by atoms with E-state index in [0.717, 1.165) is 39.4 Å². The lowest BCUT2D eigenvalue weighted by Crippen LogP contribution is -2.24. The molecule has 0 spiro atoms. The highest BCUT2D eigenvalue weighted by Gasteiger charge is 2.18. The molecular weight excluding hydrogens is 396 g/mol. The number of aliphatic hydroxyl groups is 1. The van der Waals surface area contributed by atoms with E-state index >= 15 is 0 Å². The van der Waals surface area contributed by atoms with Crippen molar-refractivity contribution in [1.82, 2.24) is 9.55 Å². The summed E-state index contributed by atoms with van der Waals surface area (Å²) >= 11 is 0. The van der Waals surface area contributed by atoms with Gasteiger partial charge in [0.1, 0.15) is 18.5 Å². The number of imidazole rings is 1. The average Bonchev–Trinajstić information content (AvgIpc) is 3.22. The van der Waals surface area contributed by atoms with E-state index in [1.54, 1.807) is 6.33 Å². The minimum absolute atomic E-state index is 0.219. The van der Waals surface area contributed by atoms with Crippen LogP contribution in [0, 0.1) is 6.92 Å². The van der Waals surface area contributed by atoms with Gasteiger partial charge in [-0.3, -0.25) is 0 Å². The number of aromatic nitrogens is 2. The summed E-state index contributed by atoms with van der Waals surface area (Å²) < 4.78 is 8.09. The van der Waals surface area contributed by atoms with Crippen molar-refractivity contribution in [2.24, 2.45) is 0 Å². The van der Waals surface area contributed by atoms with E-state index in [1.165, 1.54) is 0 Å². The van der Waals surface area contributed by atoms with Gasteiger partial charge in [-0.15, -0.1) is 0 Å². The molecule has 0 aliphatic rings. The van der Waals surface area contributed by atoms with Gasteiger partial charge in [0.25, 0.3) is 0 Å². The molecule has 1 heterocycles. The number of aliphatic hydroxyl groups excluding tert-OH is 1. The first-order chi connectivity index (χ1) is 15.5. The Morgan fingerprint density at radius 3 is 2.22 bits per heavy atom. The van der Waals surface area contributed by atoms with Gasteiger partial charge in [-0.1, -0.05) is 86.6 Å². The van der Waals surface area contributed by atoms with Gasteiger partial charge in [0.2, 0.25) is 0 Å². The molecule has 4 nitrogen and oxygen atoms in total. The van der Waals surface area contributed by atoms with Crippen LogP contribution in [0.1, 0.15) is 30.9 Å². The predicted octanol–water partition coefficient (Wildman–Crippen LogP) is 6.09. The summed E-state index contributed by atoms with van der Waals surface area (Å²) in [7, 11) is 0. The summed E-state index contributed by atoms with van der Waals surface area (Å²) in [6.07, 6.45) is 1.14. The van der Waals surface area contributed by atoms with Gasteiger partial charge in [-0.25, -0.2) is 4.98 Å². The van der Waals surface area contributed by atoms with Gasteiger partial charge < -0.3 is 14.4 Å². The van der Waals surface area contributed by atoms with Crippen LogP contribution in [0.5, 0.6) is 5.75 Å². The molecule has 4 rings (SSSR count). The molecule has 0 aliphatic heterocycles. The van der Waals surface area contributed by atoms with Gasteiger partial charge in [0.15, 0.2) is 0 Å². The lowest BCUT2D eigenvalue weighted by molar-refractivity contribution is 0.0922. The molecule has 4 aromatic rings. The Labute approximate surface area is 190 Å². The third kappa shape index (κ3) is 4.92. The number of hydrogen-bond donors (Lipinski definition) is 1. The Morgan fingerprint density at radius 1 is 0.906 bits per heavy atom. The largest absolute Gasteiger partial charge is 0.491 e. The standard InChI is InChI=1S/C28H30N2O2/c1-20(2)25-15-14-21(3)16-26(25)32-18-24(31)17-30-19-29-27(22-10-6-4-7-11-22)28(30)23-12-8-5-9-13-23/h4-16,19-20,24,31H,17-18H2,1-3H3/t24-/m0/s1. The summed E-state index contributed by atoms with van der Waals surface area (Å²) in [4.78, 5) is 4.69. The Hall–Kier alpha value is -3.37. The Bertz CT molecular complexity index is 1150. The van der Waals surface area contributed by atoms with Crippen LogP contribution in [-0.4, -0.2) is 27.4 Å². The number of benzene rings is 3. The molecule has 0 radical (unpaired) electrons. The van der Waals surface area contributed by atoms with Gasteiger partial charge in [0.05, 0.1) is 24.3 Å². The second kappa shape index (κ2) is 9.84. The molecule has 3 aromatic carbocycles. The first-order valence-corrected chi connectivity index (χ1v) is 11.1. The first kappa shape index (κ1) is 21.8. The fraction of sp³-hybridized carbons (Fsp3) is 0.250. The maximum Gasteiger partial charge on any atom is 0.123 e. The van der Waals surface area contributed by atoms with Crippen LogP contribution in [0.25, 0.3) is 22.5 Å². The molecule has 4 heteroatoms. The van der Waals surface area contributed by atoms with Crippen LogP contribution in [0.3, 0.4) is 0 Å². The van der Waals surface area contributed by atoms with Crippen molar-refractivity contribution in [3.8, 4) is 28.3 Å². The van der Waals surface area contributed by atoms with Crippen LogP contribution < -0.4 is 4.74 Å². The van der Waals surface area contributed by atoms with Crippen LogP contribution in [-0.2, 0) is 6.54 Å². The number of hydrogen-bond acceptors (Lipinski definition) is 3. The molecule has 0 bridgehead atoms. The average molecular weight is 427 g/mol. The Kier molecular flexibility index (Phi) is 6.72. The number of nitrogens with zero attached hydrogens (tertiary/aromatic N) is 2. The number of ether oxygens (including phenoxy) is 1. The van der Waals surface area contributed by atoms with E-state index in [1.807, 2.05) is 47.0 Å². The molecule has 1 N–H and O–H groups in total. The van der Waals surface area contributed by atoms with E-state index in [-0.39, 0.29) is 6.61 Å². The van der Waals surface area contributed by atoms with Gasteiger partial charge in [0, 0.05) is 11.1 Å². The highest BCUT2D eigenvalue weighted by atomic mass is 16.5. The Balaban J connectivity index is 1.57. The van der Waals surface area contributed by atoms with E-state index in [0.29, 0.717) is 12.5 Å². The third-order valence-electron chi connectivity index (χ3n) is 5.56. The van der Waals surface area contributed by atoms with E-state index < -0.39 is 6.10 Å². The molecule has 1 atom stereocenters. The molecular formula is C28H30N2O2. The number of aryl methyl sites for hydroxylation is 1. The summed E-state index contributed by atoms with van der Waals surface area (Å²) in [5.41, 5.74) is 6.32. The maximum absolute atomic E-state index is 10.8. The lowest BCUT2D eigenvalue weighted by atomic mass is 10.0. The smallest absolute Gasteiger partial charge is 0.123 e. The zero-order chi connectivity index (χ0) is 22.5. The van der Waals surface area contributed by atoms with Crippen molar-refractivity contribution in [1.29, 1.82) is 0 Å². The molecule has 0 aliphatic carbocycles. The first-order valence-electron chi connectivity index (χ1n) is 11.1. The molecule has 0 fully saturated rings. The minimum atomic E-state index is -0.671. The van der Waals surface area contributed by atoms with Crippen molar-refractivity contribution in [2.75, 3.05) is 6.61 Å². The molecule has 0 unspecified atom stereocenters. The van der Waals surface area contributed by atoms with Crippen molar-refractivity contribution < 1.29 is 9.84 Å². The summed E-state index contributed by atoms with van der Waals surface area (Å²) in [5, 5.41) is 10.8. The third-order valence-corrected chi connectivity index (χ3v) is 5.56. The van der Waals surface area contributed by atoms with Crippen molar-refractivity contribution >= 4 is 0 Å². The zero-order valence-electron chi connectivity index (χ0n) is 18.9. The van der Waals surface area contributed by atoms with Crippen molar-refractivity contribution in [2.45, 2.75) is 39.3 Å². The number of rotatable bonds is 8. The quantitative estimate of drug-likeness (QED) is 0.371. The van der Waals surface area contributed by atoms with Crippen LogP contribution in [0.15, 0.2) is 85.2 Å². The SMILES string of the molecule is Cc1ccc(C(C)C)c(OC[C@@H](O)Cn2cnc(-c3ccccc3)c2-c2ccccc2)c1. The molecule has 0 saturated heterocycles. The van der Waals surface area contributed by atoms with Crippen LogP contribution in [0.4, 0.5) is 0 Å². The zero-order valence-corrected chi connectivity index (χ0v) is 18.9. The van der Waals surface area contributed by atoms with Gasteiger partial charge in [-0.2, -0.15) is 0 Å². The second-order valence-corrected chi connectivity index (χ2v) is 8.49. The monoisotopic (exact) mass is 426 g/mol. The molecule has 32 heavy (non-hydrogen) atoms.